The number of rotatable bonds is 2. The topological polar surface area (TPSA) is 66.7 Å². The smallest absolute Gasteiger partial charge is 0.270 e. The number of piperazine rings is 1. The number of carbonyl (C=O) groups is 1. The third kappa shape index (κ3) is 2.65. The Labute approximate surface area is 105 Å². The Balaban J connectivity index is 2.13. The average Bonchev–Trinajstić information content (AvgIpc) is 2.39. The molecule has 0 spiro atoms. The van der Waals surface area contributed by atoms with Crippen LogP contribution in [0.2, 0.25) is 0 Å². The summed E-state index contributed by atoms with van der Waals surface area (Å²) in [5.74, 6) is -0.133. The number of nitro benzene ring substituents is 1. The van der Waals surface area contributed by atoms with Gasteiger partial charge in [-0.1, -0.05) is 6.07 Å². The average molecular weight is 249 g/mol. The predicted octanol–water partition coefficient (Wildman–Crippen LogP) is 0.982. The minimum Gasteiger partial charge on any atom is -0.336 e. The summed E-state index contributed by atoms with van der Waals surface area (Å²) in [5, 5.41) is 10.7. The molecule has 0 N–H and O–H groups in total. The van der Waals surface area contributed by atoms with Gasteiger partial charge in [-0.3, -0.25) is 14.9 Å². The number of carbonyl (C=O) groups excluding carboxylic acids is 1. The number of amides is 1. The molecule has 1 aromatic carbocycles. The minimum atomic E-state index is -0.485. The predicted molar refractivity (Wildman–Crippen MR) is 66.5 cm³/mol. The molecule has 1 aromatic rings. The first-order valence-electron chi connectivity index (χ1n) is 5.80. The zero-order valence-electron chi connectivity index (χ0n) is 10.2. The van der Waals surface area contributed by atoms with E-state index in [1.807, 2.05) is 7.05 Å². The number of hydrogen-bond donors (Lipinski definition) is 0. The fraction of sp³-hybridized carbons (Fsp3) is 0.417. The van der Waals surface area contributed by atoms with E-state index in [9.17, 15) is 14.9 Å². The molecule has 1 heterocycles. The highest BCUT2D eigenvalue weighted by atomic mass is 16.6. The molecular formula is C12H15N3O3. The van der Waals surface area contributed by atoms with E-state index < -0.39 is 4.92 Å². The highest BCUT2D eigenvalue weighted by Gasteiger charge is 2.21. The van der Waals surface area contributed by atoms with E-state index in [1.165, 1.54) is 12.1 Å². The van der Waals surface area contributed by atoms with E-state index in [4.69, 9.17) is 0 Å². The lowest BCUT2D eigenvalue weighted by Crippen LogP contribution is -2.47. The van der Waals surface area contributed by atoms with Crippen molar-refractivity contribution in [1.29, 1.82) is 0 Å². The van der Waals surface area contributed by atoms with Crippen molar-refractivity contribution in [2.24, 2.45) is 0 Å². The van der Waals surface area contributed by atoms with Gasteiger partial charge in [0, 0.05) is 43.9 Å². The molecular weight excluding hydrogens is 234 g/mol. The largest absolute Gasteiger partial charge is 0.336 e. The lowest BCUT2D eigenvalue weighted by Gasteiger charge is -2.32. The molecule has 0 unspecified atom stereocenters. The van der Waals surface area contributed by atoms with Crippen LogP contribution >= 0.6 is 0 Å². The molecule has 0 atom stereocenters. The van der Waals surface area contributed by atoms with Gasteiger partial charge >= 0.3 is 0 Å². The van der Waals surface area contributed by atoms with Gasteiger partial charge in [0.1, 0.15) is 0 Å². The van der Waals surface area contributed by atoms with Gasteiger partial charge in [-0.25, -0.2) is 0 Å². The Morgan fingerprint density at radius 3 is 2.56 bits per heavy atom. The molecule has 1 fully saturated rings. The first-order chi connectivity index (χ1) is 8.58. The van der Waals surface area contributed by atoms with Crippen LogP contribution in [0.1, 0.15) is 10.4 Å². The van der Waals surface area contributed by atoms with Crippen LogP contribution in [0.15, 0.2) is 24.3 Å². The minimum absolute atomic E-state index is 0.0463. The van der Waals surface area contributed by atoms with Crippen LogP contribution in [0.4, 0.5) is 5.69 Å². The number of likely N-dealkylation sites (N-methyl/N-ethyl adjacent to an activating group) is 1. The maximum atomic E-state index is 12.2. The number of benzene rings is 1. The molecule has 0 aliphatic carbocycles. The van der Waals surface area contributed by atoms with Gasteiger partial charge in [0.25, 0.3) is 11.6 Å². The van der Waals surface area contributed by atoms with Crippen molar-refractivity contribution in [3.8, 4) is 0 Å². The molecule has 0 saturated carbocycles. The summed E-state index contributed by atoms with van der Waals surface area (Å²) in [4.78, 5) is 26.2. The van der Waals surface area contributed by atoms with E-state index >= 15 is 0 Å². The van der Waals surface area contributed by atoms with E-state index in [0.29, 0.717) is 18.7 Å². The lowest BCUT2D eigenvalue weighted by atomic mass is 10.1. The van der Waals surface area contributed by atoms with E-state index in [1.54, 1.807) is 17.0 Å². The Morgan fingerprint density at radius 1 is 1.28 bits per heavy atom. The van der Waals surface area contributed by atoms with Crippen LogP contribution in [0.25, 0.3) is 0 Å². The van der Waals surface area contributed by atoms with Crippen LogP contribution < -0.4 is 0 Å². The van der Waals surface area contributed by atoms with Gasteiger partial charge < -0.3 is 9.80 Å². The quantitative estimate of drug-likeness (QED) is 0.579. The third-order valence-corrected chi connectivity index (χ3v) is 3.09. The van der Waals surface area contributed by atoms with E-state index in [0.717, 1.165) is 13.1 Å². The summed E-state index contributed by atoms with van der Waals surface area (Å²) < 4.78 is 0. The fourth-order valence-electron chi connectivity index (χ4n) is 1.94. The third-order valence-electron chi connectivity index (χ3n) is 3.09. The van der Waals surface area contributed by atoms with Crippen LogP contribution in [0.3, 0.4) is 0 Å². The Bertz CT molecular complexity index is 467. The first kappa shape index (κ1) is 12.5. The Morgan fingerprint density at radius 2 is 1.94 bits per heavy atom. The van der Waals surface area contributed by atoms with Crippen LogP contribution in [-0.2, 0) is 0 Å². The van der Waals surface area contributed by atoms with Crippen molar-refractivity contribution in [3.05, 3.63) is 39.9 Å². The van der Waals surface area contributed by atoms with Gasteiger partial charge in [0.2, 0.25) is 0 Å². The van der Waals surface area contributed by atoms with Crippen molar-refractivity contribution in [3.63, 3.8) is 0 Å². The van der Waals surface area contributed by atoms with Gasteiger partial charge in [0.05, 0.1) is 4.92 Å². The van der Waals surface area contributed by atoms with Gasteiger partial charge in [0.15, 0.2) is 0 Å². The summed E-state index contributed by atoms with van der Waals surface area (Å²) in [6.07, 6.45) is 0. The molecule has 1 amide bonds. The van der Waals surface area contributed by atoms with Crippen LogP contribution in [-0.4, -0.2) is 53.9 Å². The maximum Gasteiger partial charge on any atom is 0.270 e. The highest BCUT2D eigenvalue weighted by Crippen LogP contribution is 2.15. The molecule has 1 aliphatic heterocycles. The molecule has 0 aromatic heterocycles. The lowest BCUT2D eigenvalue weighted by molar-refractivity contribution is -0.384. The van der Waals surface area contributed by atoms with Crippen molar-refractivity contribution in [2.45, 2.75) is 0 Å². The van der Waals surface area contributed by atoms with Crippen molar-refractivity contribution in [1.82, 2.24) is 9.80 Å². The summed E-state index contributed by atoms with van der Waals surface area (Å²) in [6.45, 7) is 3.00. The number of non-ortho nitro benzene ring substituents is 1. The molecule has 2 rings (SSSR count). The number of nitro groups is 1. The molecule has 6 heteroatoms. The van der Waals surface area contributed by atoms with Crippen LogP contribution in [0.5, 0.6) is 0 Å². The standard InChI is InChI=1S/C12H15N3O3/c1-13-5-7-14(8-6-13)12(16)10-3-2-4-11(9-10)15(17)18/h2-4,9H,5-8H2,1H3. The summed E-state index contributed by atoms with van der Waals surface area (Å²) in [5.41, 5.74) is 0.337. The first-order valence-corrected chi connectivity index (χ1v) is 5.80. The van der Waals surface area contributed by atoms with Gasteiger partial charge in [-0.2, -0.15) is 0 Å². The summed E-state index contributed by atoms with van der Waals surface area (Å²) >= 11 is 0. The van der Waals surface area contributed by atoms with Crippen molar-refractivity contribution < 1.29 is 9.72 Å². The van der Waals surface area contributed by atoms with Crippen LogP contribution in [0, 0.1) is 10.1 Å². The molecule has 96 valence electrons. The SMILES string of the molecule is CN1CCN(C(=O)c2cccc([N+](=O)[O-])c2)CC1. The Hall–Kier alpha value is -1.95. The summed E-state index contributed by atoms with van der Waals surface area (Å²) in [6, 6.07) is 5.89. The second-order valence-corrected chi connectivity index (χ2v) is 4.40. The molecule has 0 bridgehead atoms. The highest BCUT2D eigenvalue weighted by molar-refractivity contribution is 5.94. The Kier molecular flexibility index (Phi) is 3.57. The normalized spacial score (nSPS) is 16.6. The zero-order valence-corrected chi connectivity index (χ0v) is 10.2. The van der Waals surface area contributed by atoms with Crippen molar-refractivity contribution >= 4 is 11.6 Å². The molecule has 6 nitrogen and oxygen atoms in total. The molecule has 18 heavy (non-hydrogen) atoms. The fourth-order valence-corrected chi connectivity index (χ4v) is 1.94. The summed E-state index contributed by atoms with van der Waals surface area (Å²) in [7, 11) is 2.01. The van der Waals surface area contributed by atoms with Gasteiger partial charge in [-0.05, 0) is 13.1 Å². The zero-order chi connectivity index (χ0) is 13.1. The van der Waals surface area contributed by atoms with Gasteiger partial charge in [-0.15, -0.1) is 0 Å². The van der Waals surface area contributed by atoms with E-state index in [-0.39, 0.29) is 11.6 Å². The molecule has 0 radical (unpaired) electrons. The number of nitrogens with zero attached hydrogens (tertiary/aromatic N) is 3. The molecule has 1 aliphatic rings. The second kappa shape index (κ2) is 5.14. The maximum absolute atomic E-state index is 12.2. The number of hydrogen-bond acceptors (Lipinski definition) is 4. The second-order valence-electron chi connectivity index (χ2n) is 4.40. The molecule has 1 saturated heterocycles. The monoisotopic (exact) mass is 249 g/mol. The van der Waals surface area contributed by atoms with Crippen molar-refractivity contribution in [2.75, 3.05) is 33.2 Å². The van der Waals surface area contributed by atoms with E-state index in [2.05, 4.69) is 4.90 Å².